The number of carbonyl (C=O) groups excluding carboxylic acids is 2. The Labute approximate surface area is 665 Å². The smallest absolute Gasteiger partial charge is 1.00 e. The summed E-state index contributed by atoms with van der Waals surface area (Å²) in [6.07, 6.45) is 15.9. The Morgan fingerprint density at radius 1 is 0.700 bits per heavy atom. The molecule has 0 bridgehead atoms. The molecule has 11 rings (SSSR count). The number of azide groups is 1. The molecule has 110 heavy (non-hydrogen) atoms. The summed E-state index contributed by atoms with van der Waals surface area (Å²) in [6.45, 7) is 20.0. The van der Waals surface area contributed by atoms with Gasteiger partial charge in [-0.05, 0) is 141 Å². The van der Waals surface area contributed by atoms with Crippen molar-refractivity contribution in [1.82, 2.24) is 79.6 Å². The number of aromatic nitrogens is 17. The average Bonchev–Trinajstić information content (AvgIpc) is 1.76. The van der Waals surface area contributed by atoms with Gasteiger partial charge in [0.25, 0.3) is 0 Å². The van der Waals surface area contributed by atoms with E-state index < -0.39 is 39.9 Å². The summed E-state index contributed by atoms with van der Waals surface area (Å²) in [7, 11) is 7.46. The van der Waals surface area contributed by atoms with Crippen LogP contribution in [0.4, 0.5) is 11.9 Å². The molecule has 35 nitrogen and oxygen atoms in total. The molecule has 0 aliphatic heterocycles. The van der Waals surface area contributed by atoms with Gasteiger partial charge in [-0.15, -0.1) is 27.8 Å². The molecule has 0 saturated heterocycles. The van der Waals surface area contributed by atoms with Crippen LogP contribution in [0.3, 0.4) is 0 Å². The number of aliphatic hydroxyl groups is 6. The van der Waals surface area contributed by atoms with E-state index in [9.17, 15) is 30.0 Å². The first kappa shape index (κ1) is 93.7. The average molecular weight is 1550 g/mol. The number of aliphatic hydroxyl groups excluding tert-OH is 1. The molecule has 3 radical (unpaired) electrons. The SMILES string of the molecule is C#Cc1nc(NCc2ccc(OC)cc2)nc2c(OC)cccc12.CC(C)(O)CCl.CC(C)(O)Cn1ccc(CN=[N+]=[N-])n1.CC(C)(O)Cn1ccc(CO)n1.COC(=O)c1ccn(CC(C)(C)O)n1.COC(=O)c1ccn[nH]1.COc1cccc2c(-c3cn(Cc4cc[n+](CC(C)(C)O)[nH]4)nn3)nc(N)nc12.[Al].[H-].[Li+]. The number of nitrogens with one attached hydrogen (secondary N) is 3. The zero-order chi connectivity index (χ0) is 80.0. The van der Waals surface area contributed by atoms with Crippen molar-refractivity contribution in [1.29, 1.82) is 0 Å². The van der Waals surface area contributed by atoms with Gasteiger partial charge in [0.2, 0.25) is 11.9 Å². The molecule has 0 saturated carbocycles. The fourth-order valence-corrected chi connectivity index (χ4v) is 9.19. The van der Waals surface area contributed by atoms with Gasteiger partial charge in [0.15, 0.2) is 18.4 Å². The van der Waals surface area contributed by atoms with Crippen LogP contribution in [0.1, 0.15) is 120 Å². The molecule has 0 amide bonds. The van der Waals surface area contributed by atoms with Crippen LogP contribution >= 0.6 is 11.6 Å². The Hall–Kier alpha value is -10.5. The summed E-state index contributed by atoms with van der Waals surface area (Å²) in [5, 5.41) is 93.8. The number of hydrogen-bond donors (Lipinski definition) is 10. The number of anilines is 2. The zero-order valence-corrected chi connectivity index (χ0v) is 66.6. The summed E-state index contributed by atoms with van der Waals surface area (Å²) in [4.78, 5) is 41.9. The van der Waals surface area contributed by atoms with Gasteiger partial charge >= 0.3 is 30.8 Å². The van der Waals surface area contributed by atoms with Crippen LogP contribution in [0, 0.1) is 12.3 Å². The van der Waals surface area contributed by atoms with Crippen LogP contribution in [0.5, 0.6) is 17.2 Å². The molecular weight excluding hydrogens is 1450 g/mol. The van der Waals surface area contributed by atoms with Crippen molar-refractivity contribution >= 4 is 74.6 Å². The third-order valence-corrected chi connectivity index (χ3v) is 14.4. The number of carbonyl (C=O) groups is 2. The number of rotatable bonds is 23. The van der Waals surface area contributed by atoms with Crippen LogP contribution in [-0.4, -0.2) is 209 Å². The van der Waals surface area contributed by atoms with Crippen molar-refractivity contribution in [3.05, 3.63) is 178 Å². The molecule has 0 spiro atoms. The normalized spacial score (nSPS) is 10.9. The van der Waals surface area contributed by atoms with Gasteiger partial charge in [-0.2, -0.15) is 25.5 Å². The Bertz CT molecular complexity index is 4700. The number of alkyl halides is 1. The summed E-state index contributed by atoms with van der Waals surface area (Å²) in [5.41, 5.74) is 17.1. The minimum absolute atomic E-state index is 0. The van der Waals surface area contributed by atoms with Crippen LogP contribution in [0.25, 0.3) is 43.6 Å². The number of H-pyrrole nitrogens is 2. The standard InChI is InChI=1S/C19H22N8O2.C19H17N3O2.C9H14N2O3.C8H13N5O.C8H14N2O2.C5H6N2O2.C4H9ClO.Al.Li.H/c1-19(2,28)11-26-8-7-12(24-26)9-27-10-14(23-25-27)16-13-5-4-6-15(29-3)17(13)22-18(20)21-16;1-4-16-15-6-5-7-17(24-3)18(15)22-19(21-16)20-12-13-8-10-14(23-2)11-9-13;1-9(2,13)6-11-5-4-7(10-11)8(12)14-3;1-8(2,14)6-13-4-3-7(11-13)5-10-12-9;1-8(2,12)6-10-4-3-7(5-11)9-10;1-9-5(8)4-2-3-6-7-4;1-4(2,6)3-5;;;/h4-8,10,28H,9,11H2,1-3H3,(H2,20,21,22);1,5-11H,12H2,2-3H3,(H,20,21,22);4-5,13H,6H2,1-3H3;3-4,14H,5-6H2,1-2H3;3-4,11-12H,5-6H2,1-2H3;2-3H,1H3,(H,6,7);6H,3H2,1-2H3;;;/q;;;;;;;;+1;-1/p+1. The fraction of sp³-hybridized carbons (Fsp3) is 0.403. The van der Waals surface area contributed by atoms with E-state index >= 15 is 0 Å². The predicted molar refractivity (Wildman–Crippen MR) is 410 cm³/mol. The number of esters is 2. The zero-order valence-electron chi connectivity index (χ0n) is 65.7. The number of ether oxygens (including phenoxy) is 5. The molecule has 0 fully saturated rings. The Morgan fingerprint density at radius 3 is 1.75 bits per heavy atom. The predicted octanol–water partition coefficient (Wildman–Crippen LogP) is 4.13. The Kier molecular flexibility index (Phi) is 37.7. The first-order valence-corrected chi connectivity index (χ1v) is 33.8. The number of fused-ring (bicyclic) bond motifs is 2. The molecular formula is C72H97AlClLiN22O13+. The minimum atomic E-state index is -0.848. The topological polar surface area (TPSA) is 473 Å². The summed E-state index contributed by atoms with van der Waals surface area (Å²) in [6, 6.07) is 27.5. The van der Waals surface area contributed by atoms with E-state index in [1.54, 1.807) is 147 Å². The molecule has 8 heterocycles. The van der Waals surface area contributed by atoms with E-state index in [1.165, 1.54) is 25.1 Å². The number of terminal acetylenes is 1. The van der Waals surface area contributed by atoms with Gasteiger partial charge in [0, 0.05) is 70.4 Å². The molecule has 8 aromatic heterocycles. The first-order valence-electron chi connectivity index (χ1n) is 33.2. The maximum atomic E-state index is 11.0. The second-order valence-corrected chi connectivity index (χ2v) is 27.1. The molecule has 11 N–H and O–H groups in total. The number of halogens is 1. The second kappa shape index (κ2) is 44.2. The summed E-state index contributed by atoms with van der Waals surface area (Å²) in [5.74, 6) is 4.76. The largest absolute Gasteiger partial charge is 1.00 e. The molecule has 3 aromatic carbocycles. The number of nitrogens with zero attached hydrogens (tertiary/aromatic N) is 18. The maximum absolute atomic E-state index is 11.0. The van der Waals surface area contributed by atoms with Crippen molar-refractivity contribution in [2.75, 3.05) is 52.5 Å². The fourth-order valence-electron chi connectivity index (χ4n) is 9.19. The van der Waals surface area contributed by atoms with Crippen molar-refractivity contribution in [2.24, 2.45) is 5.11 Å². The van der Waals surface area contributed by atoms with Gasteiger partial charge < -0.3 is 66.8 Å². The van der Waals surface area contributed by atoms with Crippen LogP contribution in [0.2, 0.25) is 0 Å². The van der Waals surface area contributed by atoms with E-state index in [0.29, 0.717) is 108 Å². The van der Waals surface area contributed by atoms with Gasteiger partial charge in [-0.1, -0.05) is 40.7 Å². The number of benzene rings is 3. The Balaban J connectivity index is 0.000000461. The van der Waals surface area contributed by atoms with E-state index in [0.717, 1.165) is 27.8 Å². The number of aromatic amines is 2. The Morgan fingerprint density at radius 2 is 1.25 bits per heavy atom. The van der Waals surface area contributed by atoms with Gasteiger partial charge in [-0.3, -0.25) is 19.1 Å². The first-order chi connectivity index (χ1) is 50.9. The number of nitrogens with two attached hydrogens (primary N) is 1. The van der Waals surface area contributed by atoms with Gasteiger partial charge in [0.1, 0.15) is 62.4 Å². The molecule has 0 aliphatic carbocycles. The number of nitrogen functional groups attached to an aromatic ring is 1. The number of para-hydroxylation sites is 2. The molecule has 38 heteroatoms. The van der Waals surface area contributed by atoms with E-state index in [4.69, 9.17) is 53.7 Å². The number of hydrogen-bond acceptors (Lipinski definition) is 26. The molecule has 0 aliphatic rings. The van der Waals surface area contributed by atoms with E-state index in [1.807, 2.05) is 83.8 Å². The minimum Gasteiger partial charge on any atom is -1.00 e. The maximum Gasteiger partial charge on any atom is 1.00 e. The van der Waals surface area contributed by atoms with Crippen molar-refractivity contribution in [2.45, 2.75) is 150 Å². The van der Waals surface area contributed by atoms with Crippen LogP contribution in [-0.2, 0) is 61.9 Å². The van der Waals surface area contributed by atoms with Crippen LogP contribution in [0.15, 0.2) is 133 Å². The number of methoxy groups -OCH3 is 5. The molecule has 0 unspecified atom stereocenters. The molecule has 11 aromatic rings. The van der Waals surface area contributed by atoms with E-state index in [-0.39, 0.29) is 62.4 Å². The quantitative estimate of drug-likeness (QED) is 0.00629. The summed E-state index contributed by atoms with van der Waals surface area (Å²) < 4.78 is 33.1. The monoisotopic (exact) mass is 1550 g/mol. The third kappa shape index (κ3) is 33.2. The van der Waals surface area contributed by atoms with Crippen molar-refractivity contribution in [3.63, 3.8) is 0 Å². The van der Waals surface area contributed by atoms with Gasteiger partial charge in [-0.25, -0.2) is 34.2 Å². The summed E-state index contributed by atoms with van der Waals surface area (Å²) >= 11 is 5.23. The van der Waals surface area contributed by atoms with Crippen LogP contribution < -0.4 is 48.8 Å². The molecule has 583 valence electrons. The van der Waals surface area contributed by atoms with Gasteiger partial charge in [0.05, 0.1) is 121 Å². The third-order valence-electron chi connectivity index (χ3n) is 13.8. The van der Waals surface area contributed by atoms with Crippen molar-refractivity contribution < 1.29 is 88.9 Å². The van der Waals surface area contributed by atoms with Crippen molar-refractivity contribution in [3.8, 4) is 41.0 Å². The second-order valence-electron chi connectivity index (χ2n) is 26.9. The van der Waals surface area contributed by atoms with E-state index in [2.05, 4.69) is 91.6 Å². The molecule has 0 atom stereocenters.